The van der Waals surface area contributed by atoms with E-state index in [0.29, 0.717) is 0 Å². The van der Waals surface area contributed by atoms with Crippen LogP contribution in [0.15, 0.2) is 59.5 Å². The number of anilines is 1. The monoisotopic (exact) mass is 273 g/mol. The standard InChI is InChI=1S/C15H15NO2S/c1-19-14-10-6-5-7-12(14)11-18-15(17)16-13-8-3-2-4-9-13/h2-10H,11H2,1H3,(H,16,17). The van der Waals surface area contributed by atoms with Crippen molar-refractivity contribution in [3.05, 3.63) is 60.2 Å². The van der Waals surface area contributed by atoms with Gasteiger partial charge in [0, 0.05) is 16.1 Å². The van der Waals surface area contributed by atoms with E-state index in [2.05, 4.69) is 5.32 Å². The summed E-state index contributed by atoms with van der Waals surface area (Å²) in [6.45, 7) is 0.273. The number of carbonyl (C=O) groups excluding carboxylic acids is 1. The third-order valence-corrected chi connectivity index (χ3v) is 3.41. The van der Waals surface area contributed by atoms with Gasteiger partial charge in [-0.05, 0) is 24.5 Å². The molecule has 0 aliphatic carbocycles. The third kappa shape index (κ3) is 4.03. The summed E-state index contributed by atoms with van der Waals surface area (Å²) in [4.78, 5) is 12.8. The average molecular weight is 273 g/mol. The van der Waals surface area contributed by atoms with Crippen LogP contribution in [0.3, 0.4) is 0 Å². The van der Waals surface area contributed by atoms with Crippen molar-refractivity contribution in [2.45, 2.75) is 11.5 Å². The largest absolute Gasteiger partial charge is 0.444 e. The first kappa shape index (κ1) is 13.5. The van der Waals surface area contributed by atoms with Crippen molar-refractivity contribution in [3.63, 3.8) is 0 Å². The molecule has 4 heteroatoms. The second-order valence-electron chi connectivity index (χ2n) is 3.88. The molecule has 0 spiro atoms. The molecular weight excluding hydrogens is 258 g/mol. The Morgan fingerprint density at radius 3 is 2.53 bits per heavy atom. The lowest BCUT2D eigenvalue weighted by atomic mass is 10.2. The van der Waals surface area contributed by atoms with Crippen molar-refractivity contribution >= 4 is 23.5 Å². The topological polar surface area (TPSA) is 38.3 Å². The lowest BCUT2D eigenvalue weighted by Gasteiger charge is -2.09. The molecule has 0 saturated carbocycles. The van der Waals surface area contributed by atoms with Crippen LogP contribution >= 0.6 is 11.8 Å². The van der Waals surface area contributed by atoms with Crippen LogP contribution in [0, 0.1) is 0 Å². The zero-order valence-corrected chi connectivity index (χ0v) is 11.4. The summed E-state index contributed by atoms with van der Waals surface area (Å²) in [5.41, 5.74) is 1.74. The predicted molar refractivity (Wildman–Crippen MR) is 78.5 cm³/mol. The molecule has 1 amide bonds. The Morgan fingerprint density at radius 2 is 1.79 bits per heavy atom. The highest BCUT2D eigenvalue weighted by Crippen LogP contribution is 2.20. The zero-order valence-electron chi connectivity index (χ0n) is 10.6. The summed E-state index contributed by atoms with van der Waals surface area (Å²) in [5, 5.41) is 2.68. The van der Waals surface area contributed by atoms with E-state index in [4.69, 9.17) is 4.74 Å². The molecule has 0 radical (unpaired) electrons. The van der Waals surface area contributed by atoms with E-state index in [1.54, 1.807) is 11.8 Å². The maximum atomic E-state index is 11.6. The van der Waals surface area contributed by atoms with Crippen molar-refractivity contribution in [2.24, 2.45) is 0 Å². The number of nitrogens with one attached hydrogen (secondary N) is 1. The molecule has 2 rings (SSSR count). The number of ether oxygens (including phenoxy) is 1. The number of carbonyl (C=O) groups is 1. The average Bonchev–Trinajstić information content (AvgIpc) is 2.46. The molecule has 0 aliphatic rings. The van der Waals surface area contributed by atoms with Crippen LogP contribution in [0.4, 0.5) is 10.5 Å². The minimum atomic E-state index is -0.442. The fourth-order valence-corrected chi connectivity index (χ4v) is 2.24. The van der Waals surface area contributed by atoms with Crippen LogP contribution in [-0.2, 0) is 11.3 Å². The van der Waals surface area contributed by atoms with Gasteiger partial charge in [0.2, 0.25) is 0 Å². The fourth-order valence-electron chi connectivity index (χ4n) is 1.64. The molecule has 2 aromatic rings. The molecule has 98 valence electrons. The minimum absolute atomic E-state index is 0.273. The lowest BCUT2D eigenvalue weighted by molar-refractivity contribution is 0.154. The summed E-state index contributed by atoms with van der Waals surface area (Å²) in [5.74, 6) is 0. The van der Waals surface area contributed by atoms with Crippen LogP contribution in [0.2, 0.25) is 0 Å². The number of hydrogen-bond donors (Lipinski definition) is 1. The Kier molecular flexibility index (Phi) is 4.86. The highest BCUT2D eigenvalue weighted by molar-refractivity contribution is 7.98. The Balaban J connectivity index is 1.90. The van der Waals surface area contributed by atoms with E-state index in [-0.39, 0.29) is 6.61 Å². The molecule has 19 heavy (non-hydrogen) atoms. The SMILES string of the molecule is CSc1ccccc1COC(=O)Nc1ccccc1. The molecule has 0 aliphatic heterocycles. The van der Waals surface area contributed by atoms with Crippen LogP contribution in [0.5, 0.6) is 0 Å². The summed E-state index contributed by atoms with van der Waals surface area (Å²) >= 11 is 1.64. The van der Waals surface area contributed by atoms with Crippen molar-refractivity contribution in [2.75, 3.05) is 11.6 Å². The van der Waals surface area contributed by atoms with Gasteiger partial charge < -0.3 is 4.74 Å². The normalized spacial score (nSPS) is 9.95. The minimum Gasteiger partial charge on any atom is -0.444 e. The molecule has 0 fully saturated rings. The van der Waals surface area contributed by atoms with Crippen molar-refractivity contribution in [3.8, 4) is 0 Å². The smallest absolute Gasteiger partial charge is 0.411 e. The second-order valence-corrected chi connectivity index (χ2v) is 4.73. The van der Waals surface area contributed by atoms with Crippen molar-refractivity contribution in [1.29, 1.82) is 0 Å². The molecule has 0 heterocycles. The number of para-hydroxylation sites is 1. The van der Waals surface area contributed by atoms with Gasteiger partial charge in [-0.2, -0.15) is 0 Å². The molecule has 2 aromatic carbocycles. The molecule has 0 saturated heterocycles. The maximum Gasteiger partial charge on any atom is 0.411 e. The summed E-state index contributed by atoms with van der Waals surface area (Å²) in [6, 6.07) is 17.1. The Hall–Kier alpha value is -1.94. The highest BCUT2D eigenvalue weighted by atomic mass is 32.2. The van der Waals surface area contributed by atoms with E-state index in [1.807, 2.05) is 60.9 Å². The number of hydrogen-bond acceptors (Lipinski definition) is 3. The first-order valence-corrected chi connectivity index (χ1v) is 7.13. The highest BCUT2D eigenvalue weighted by Gasteiger charge is 2.05. The van der Waals surface area contributed by atoms with Gasteiger partial charge >= 0.3 is 6.09 Å². The number of amides is 1. The van der Waals surface area contributed by atoms with Gasteiger partial charge in [0.1, 0.15) is 6.61 Å². The number of benzene rings is 2. The first-order valence-electron chi connectivity index (χ1n) is 5.90. The Bertz CT molecular complexity index is 543. The molecular formula is C15H15NO2S. The van der Waals surface area contributed by atoms with E-state index in [1.165, 1.54) is 0 Å². The van der Waals surface area contributed by atoms with Crippen molar-refractivity contribution < 1.29 is 9.53 Å². The predicted octanol–water partition coefficient (Wildman–Crippen LogP) is 4.16. The molecule has 0 bridgehead atoms. The summed E-state index contributed by atoms with van der Waals surface area (Å²) < 4.78 is 5.21. The van der Waals surface area contributed by atoms with Crippen LogP contribution in [0.25, 0.3) is 0 Å². The van der Waals surface area contributed by atoms with Crippen LogP contribution < -0.4 is 5.32 Å². The second kappa shape index (κ2) is 6.85. The van der Waals surface area contributed by atoms with E-state index >= 15 is 0 Å². The number of rotatable bonds is 4. The zero-order chi connectivity index (χ0) is 13.5. The number of thioether (sulfide) groups is 1. The van der Waals surface area contributed by atoms with Gasteiger partial charge in [0.25, 0.3) is 0 Å². The van der Waals surface area contributed by atoms with Gasteiger partial charge in [0.05, 0.1) is 0 Å². The van der Waals surface area contributed by atoms with Crippen molar-refractivity contribution in [1.82, 2.24) is 0 Å². The van der Waals surface area contributed by atoms with Gasteiger partial charge in [-0.25, -0.2) is 4.79 Å². The van der Waals surface area contributed by atoms with Gasteiger partial charge in [-0.3, -0.25) is 5.32 Å². The molecule has 0 aromatic heterocycles. The third-order valence-electron chi connectivity index (χ3n) is 2.57. The Labute approximate surface area is 117 Å². The summed E-state index contributed by atoms with van der Waals surface area (Å²) in [6.07, 6.45) is 1.56. The first-order chi connectivity index (χ1) is 9.29. The van der Waals surface area contributed by atoms with E-state index < -0.39 is 6.09 Å². The Morgan fingerprint density at radius 1 is 1.11 bits per heavy atom. The quantitative estimate of drug-likeness (QED) is 0.850. The van der Waals surface area contributed by atoms with Gasteiger partial charge in [-0.1, -0.05) is 36.4 Å². The van der Waals surface area contributed by atoms with E-state index in [0.717, 1.165) is 16.1 Å². The summed E-state index contributed by atoms with van der Waals surface area (Å²) in [7, 11) is 0. The molecule has 1 N–H and O–H groups in total. The lowest BCUT2D eigenvalue weighted by Crippen LogP contribution is -2.13. The molecule has 0 atom stereocenters. The fraction of sp³-hybridized carbons (Fsp3) is 0.133. The van der Waals surface area contributed by atoms with Gasteiger partial charge in [-0.15, -0.1) is 11.8 Å². The molecule has 0 unspecified atom stereocenters. The van der Waals surface area contributed by atoms with E-state index in [9.17, 15) is 4.79 Å². The van der Waals surface area contributed by atoms with Gasteiger partial charge in [0.15, 0.2) is 0 Å². The maximum absolute atomic E-state index is 11.6. The molecule has 3 nitrogen and oxygen atoms in total. The van der Waals surface area contributed by atoms with Crippen LogP contribution in [0.1, 0.15) is 5.56 Å². The van der Waals surface area contributed by atoms with Crippen LogP contribution in [-0.4, -0.2) is 12.3 Å².